The maximum Gasteiger partial charge on any atom is -0.0465 e. The van der Waals surface area contributed by atoms with Crippen LogP contribution in [0.15, 0.2) is 3.34 Å². The first-order valence-electron chi connectivity index (χ1n) is 10.3. The fraction of sp³-hybridized carbons (Fsp3) is 0.864. The van der Waals surface area contributed by atoms with Gasteiger partial charge in [0.1, 0.15) is 0 Å². The zero-order chi connectivity index (χ0) is 18.6. The summed E-state index contributed by atoms with van der Waals surface area (Å²) in [6.45, 7) is 14.3. The van der Waals surface area contributed by atoms with E-state index in [-0.39, 0.29) is 0 Å². The van der Waals surface area contributed by atoms with Crippen molar-refractivity contribution in [1.82, 2.24) is 0 Å². The van der Waals surface area contributed by atoms with Crippen molar-refractivity contribution in [1.29, 1.82) is 0 Å². The summed E-state index contributed by atoms with van der Waals surface area (Å²) in [4.78, 5) is 0. The molecule has 0 atom stereocenters. The average molecular weight is 504 g/mol. The third kappa shape index (κ3) is 20.6. The van der Waals surface area contributed by atoms with Gasteiger partial charge in [0.25, 0.3) is 0 Å². The summed E-state index contributed by atoms with van der Waals surface area (Å²) < 4.78 is 4.00. The fourth-order valence-corrected chi connectivity index (χ4v) is 2.81. The van der Waals surface area contributed by atoms with Gasteiger partial charge in [0.05, 0.1) is 0 Å². The second-order valence-electron chi connectivity index (χ2n) is 7.14. The van der Waals surface area contributed by atoms with Gasteiger partial charge in [-0.2, -0.15) is 32.1 Å². The van der Waals surface area contributed by atoms with Gasteiger partial charge in [-0.3, -0.25) is 0 Å². The minimum Gasteiger partial charge on any atom is -0.344 e. The fourth-order valence-electron chi connectivity index (χ4n) is 2.81. The van der Waals surface area contributed by atoms with Crippen molar-refractivity contribution < 1.29 is 20.9 Å². The van der Waals surface area contributed by atoms with Crippen LogP contribution in [0.25, 0.3) is 0 Å². The summed E-state index contributed by atoms with van der Waals surface area (Å²) in [6, 6.07) is 0.559. The number of rotatable bonds is 3. The molecule has 2 fully saturated rings. The molecule has 0 heterocycles. The van der Waals surface area contributed by atoms with Gasteiger partial charge < -0.3 is 19.8 Å². The first-order valence-corrected chi connectivity index (χ1v) is 11.8. The van der Waals surface area contributed by atoms with Crippen LogP contribution in [0.5, 0.6) is 0 Å². The van der Waals surface area contributed by atoms with E-state index in [0.29, 0.717) is 6.04 Å². The quantitative estimate of drug-likeness (QED) is 0.347. The zero-order valence-corrected chi connectivity index (χ0v) is 20.5. The van der Waals surface area contributed by atoms with E-state index in [4.69, 9.17) is 0 Å². The molecule has 2 aliphatic rings. The molecule has 0 saturated heterocycles. The second-order valence-corrected chi connectivity index (χ2v) is 7.97. The minimum absolute atomic E-state index is 0.559. The molecule has 145 valence electrons. The Morgan fingerprint density at radius 3 is 1.25 bits per heavy atom. The van der Waals surface area contributed by atoms with Crippen LogP contribution in [0.1, 0.15) is 105 Å². The van der Waals surface area contributed by atoms with Crippen LogP contribution < -0.4 is 0 Å². The van der Waals surface area contributed by atoms with Crippen LogP contribution in [-0.4, -0.2) is 6.04 Å². The summed E-state index contributed by atoms with van der Waals surface area (Å²) in [6.07, 6.45) is 20.0. The topological polar surface area (TPSA) is 12.4 Å². The molecule has 2 aliphatic carbocycles. The van der Waals surface area contributed by atoms with E-state index in [1.165, 1.54) is 64.2 Å². The van der Waals surface area contributed by atoms with Gasteiger partial charge in [-0.1, -0.05) is 59.3 Å². The molecule has 0 spiro atoms. The molecule has 24 heavy (non-hydrogen) atoms. The SMILES string of the molecule is CC(C)[N]=[Ta].CCC1CC[CH-]CC1.CCC1CC[CH-]CC1.[CH2-]CC. The summed E-state index contributed by atoms with van der Waals surface area (Å²) >= 11 is 1.16. The number of hydrogen-bond acceptors (Lipinski definition) is 1. The third-order valence-corrected chi connectivity index (χ3v) is 6.16. The van der Waals surface area contributed by atoms with Crippen molar-refractivity contribution >= 4 is 0 Å². The van der Waals surface area contributed by atoms with Gasteiger partial charge in [-0.25, -0.2) is 0 Å². The molecule has 0 unspecified atom stereocenters. The zero-order valence-electron chi connectivity index (χ0n) is 17.3. The van der Waals surface area contributed by atoms with Crippen molar-refractivity contribution in [2.24, 2.45) is 15.2 Å². The molecule has 0 radical (unpaired) electrons. The molecular formula is C22H44NTa-3. The summed E-state index contributed by atoms with van der Waals surface area (Å²) in [7, 11) is 0. The summed E-state index contributed by atoms with van der Waals surface area (Å²) in [5, 5.41) is 0. The second kappa shape index (κ2) is 21.6. The Hall–Kier alpha value is 0.540. The molecule has 0 aromatic carbocycles. The maximum atomic E-state index is 4.00. The largest absolute Gasteiger partial charge is 0.344 e. The molecule has 0 amide bonds. The normalized spacial score (nSPS) is 18.2. The molecule has 0 bridgehead atoms. The predicted molar refractivity (Wildman–Crippen MR) is 106 cm³/mol. The van der Waals surface area contributed by atoms with Gasteiger partial charge in [0, 0.05) is 0 Å². The van der Waals surface area contributed by atoms with Crippen molar-refractivity contribution in [3.63, 3.8) is 0 Å². The van der Waals surface area contributed by atoms with Gasteiger partial charge in [0.2, 0.25) is 0 Å². The molecule has 2 rings (SSSR count). The Bertz CT molecular complexity index is 210. The Balaban J connectivity index is 0. The molecule has 2 heteroatoms. The van der Waals surface area contributed by atoms with E-state index in [9.17, 15) is 0 Å². The first kappa shape index (κ1) is 26.8. The third-order valence-electron chi connectivity index (χ3n) is 4.50. The van der Waals surface area contributed by atoms with Crippen molar-refractivity contribution in [2.45, 2.75) is 111 Å². The average Bonchev–Trinajstić information content (AvgIpc) is 2.64. The molecule has 0 aliphatic heterocycles. The van der Waals surface area contributed by atoms with Gasteiger partial charge in [0.15, 0.2) is 0 Å². The molecule has 2 saturated carbocycles. The summed E-state index contributed by atoms with van der Waals surface area (Å²) in [5.41, 5.74) is 0. The molecule has 0 N–H and O–H groups in total. The van der Waals surface area contributed by atoms with Crippen molar-refractivity contribution in [2.75, 3.05) is 0 Å². The van der Waals surface area contributed by atoms with E-state index in [1.807, 2.05) is 6.92 Å². The van der Waals surface area contributed by atoms with Crippen LogP contribution in [0, 0.1) is 31.6 Å². The first-order chi connectivity index (χ1) is 11.5. The molecule has 0 aromatic heterocycles. The number of hydrogen-bond donors (Lipinski definition) is 0. The predicted octanol–water partition coefficient (Wildman–Crippen LogP) is 7.94. The van der Waals surface area contributed by atoms with Crippen molar-refractivity contribution in [3.8, 4) is 0 Å². The smallest absolute Gasteiger partial charge is 0.0465 e. The Labute approximate surface area is 166 Å². The van der Waals surface area contributed by atoms with Crippen LogP contribution in [0.2, 0.25) is 0 Å². The van der Waals surface area contributed by atoms with Crippen LogP contribution in [-0.2, 0) is 20.9 Å². The minimum atomic E-state index is 0.559. The van der Waals surface area contributed by atoms with E-state index < -0.39 is 0 Å². The summed E-state index contributed by atoms with van der Waals surface area (Å²) in [5.74, 6) is 2.11. The Morgan fingerprint density at radius 1 is 0.875 bits per heavy atom. The van der Waals surface area contributed by atoms with E-state index >= 15 is 0 Å². The van der Waals surface area contributed by atoms with Gasteiger partial charge >= 0.3 is 44.1 Å². The monoisotopic (exact) mass is 503 g/mol. The van der Waals surface area contributed by atoms with Crippen LogP contribution >= 0.6 is 0 Å². The molecular weight excluding hydrogens is 459 g/mol. The van der Waals surface area contributed by atoms with Gasteiger partial charge in [-0.15, -0.1) is 0 Å². The molecule has 1 nitrogen and oxygen atoms in total. The van der Waals surface area contributed by atoms with E-state index in [0.717, 1.165) is 39.1 Å². The van der Waals surface area contributed by atoms with E-state index in [1.54, 1.807) is 0 Å². The Morgan fingerprint density at radius 2 is 1.12 bits per heavy atom. The van der Waals surface area contributed by atoms with Crippen LogP contribution in [0.3, 0.4) is 0 Å². The number of nitrogens with zero attached hydrogens (tertiary/aromatic N) is 1. The van der Waals surface area contributed by atoms with Crippen LogP contribution in [0.4, 0.5) is 0 Å². The Kier molecular flexibility index (Phi) is 24.1. The molecule has 0 aromatic rings. The maximum absolute atomic E-state index is 4.00. The van der Waals surface area contributed by atoms with Gasteiger partial charge in [-0.05, 0) is 11.8 Å². The standard InChI is InChI=1S/2C8H15.C3H7N.C3H7.Ta/c2*1-2-8-6-4-3-5-7-8;1-3(2)4;1-3-2;/h2*3,8H,2,4-7H2,1H3;3H,1-2H3;1,3H2,2H3;/q2*-1;;-1;. The van der Waals surface area contributed by atoms with Crippen molar-refractivity contribution in [3.05, 3.63) is 19.8 Å². The van der Waals surface area contributed by atoms with E-state index in [2.05, 4.69) is 50.8 Å².